The van der Waals surface area contributed by atoms with Crippen LogP contribution in [0, 0.1) is 5.92 Å². The van der Waals surface area contributed by atoms with Crippen LogP contribution in [0.2, 0.25) is 0 Å². The lowest BCUT2D eigenvalue weighted by molar-refractivity contribution is 0.321. The number of nitrogens with two attached hydrogens (primary N) is 1. The number of rotatable bonds is 3. The van der Waals surface area contributed by atoms with Crippen LogP contribution in [-0.4, -0.2) is 18.1 Å². The lowest BCUT2D eigenvalue weighted by Crippen LogP contribution is -2.38. The minimum atomic E-state index is 0.603. The molecule has 0 amide bonds. The van der Waals surface area contributed by atoms with E-state index in [1.165, 1.54) is 30.6 Å². The first-order valence-corrected chi connectivity index (χ1v) is 6.91. The van der Waals surface area contributed by atoms with Crippen molar-refractivity contribution in [1.29, 1.82) is 0 Å². The third-order valence-electron chi connectivity index (χ3n) is 3.61. The Labute approximate surface area is 102 Å². The van der Waals surface area contributed by atoms with Crippen LogP contribution in [0.25, 0.3) is 0 Å². The lowest BCUT2D eigenvalue weighted by Gasteiger charge is -2.36. The van der Waals surface area contributed by atoms with Crippen molar-refractivity contribution in [1.82, 2.24) is 4.98 Å². The van der Waals surface area contributed by atoms with Crippen LogP contribution in [0.15, 0.2) is 6.20 Å². The summed E-state index contributed by atoms with van der Waals surface area (Å²) in [6, 6.07) is 0.658. The van der Waals surface area contributed by atoms with Crippen LogP contribution in [0.4, 0.5) is 5.13 Å². The molecule has 0 aromatic carbocycles. The van der Waals surface area contributed by atoms with Gasteiger partial charge in [-0.1, -0.05) is 19.8 Å². The Bertz CT molecular complexity index is 337. The minimum absolute atomic E-state index is 0.603. The summed E-state index contributed by atoms with van der Waals surface area (Å²) >= 11 is 1.73. The van der Waals surface area contributed by atoms with Crippen molar-refractivity contribution in [3.8, 4) is 0 Å². The predicted octanol–water partition coefficient (Wildman–Crippen LogP) is 2.62. The maximum atomic E-state index is 5.62. The Morgan fingerprint density at radius 1 is 1.50 bits per heavy atom. The van der Waals surface area contributed by atoms with Crippen LogP contribution in [0.5, 0.6) is 0 Å². The molecule has 1 aromatic heterocycles. The van der Waals surface area contributed by atoms with Crippen LogP contribution in [0.3, 0.4) is 0 Å². The van der Waals surface area contributed by atoms with Crippen molar-refractivity contribution in [3.63, 3.8) is 0 Å². The van der Waals surface area contributed by atoms with E-state index in [4.69, 9.17) is 5.73 Å². The van der Waals surface area contributed by atoms with Gasteiger partial charge in [-0.05, 0) is 18.8 Å². The maximum absolute atomic E-state index is 5.62. The molecule has 4 heteroatoms. The molecule has 1 heterocycles. The van der Waals surface area contributed by atoms with Gasteiger partial charge in [-0.2, -0.15) is 0 Å². The first kappa shape index (κ1) is 11.9. The quantitative estimate of drug-likeness (QED) is 0.881. The van der Waals surface area contributed by atoms with Crippen molar-refractivity contribution in [3.05, 3.63) is 11.1 Å². The van der Waals surface area contributed by atoms with Gasteiger partial charge in [0, 0.05) is 30.7 Å². The Balaban J connectivity index is 2.07. The maximum Gasteiger partial charge on any atom is 0.185 e. The van der Waals surface area contributed by atoms with Crippen molar-refractivity contribution in [2.45, 2.75) is 45.2 Å². The summed E-state index contributed by atoms with van der Waals surface area (Å²) in [5.41, 5.74) is 5.62. The average molecular weight is 239 g/mol. The van der Waals surface area contributed by atoms with E-state index in [0.717, 1.165) is 11.0 Å². The highest BCUT2D eigenvalue weighted by atomic mass is 32.1. The van der Waals surface area contributed by atoms with Crippen molar-refractivity contribution in [2.24, 2.45) is 11.7 Å². The summed E-state index contributed by atoms with van der Waals surface area (Å²) < 4.78 is 0. The van der Waals surface area contributed by atoms with Crippen LogP contribution < -0.4 is 10.6 Å². The molecule has 1 aromatic rings. The highest BCUT2D eigenvalue weighted by Crippen LogP contribution is 2.32. The zero-order chi connectivity index (χ0) is 11.5. The fraction of sp³-hybridized carbons (Fsp3) is 0.750. The van der Waals surface area contributed by atoms with Gasteiger partial charge < -0.3 is 10.6 Å². The standard InChI is InChI=1S/C12H21N3S/c1-9-5-3-4-6-11(9)15(2)12-14-8-10(7-13)16-12/h8-9,11H,3-7,13H2,1-2H3. The molecule has 90 valence electrons. The Kier molecular flexibility index (Phi) is 3.82. The second-order valence-electron chi connectivity index (χ2n) is 4.75. The summed E-state index contributed by atoms with van der Waals surface area (Å²) in [6.45, 7) is 2.96. The molecule has 1 aliphatic rings. The van der Waals surface area contributed by atoms with Crippen LogP contribution in [0.1, 0.15) is 37.5 Å². The highest BCUT2D eigenvalue weighted by Gasteiger charge is 2.26. The van der Waals surface area contributed by atoms with E-state index in [0.29, 0.717) is 12.6 Å². The molecule has 2 rings (SSSR count). The van der Waals surface area contributed by atoms with Gasteiger partial charge in [-0.3, -0.25) is 0 Å². The Hall–Kier alpha value is -0.610. The van der Waals surface area contributed by atoms with Gasteiger partial charge in [0.15, 0.2) is 5.13 Å². The summed E-state index contributed by atoms with van der Waals surface area (Å²) in [7, 11) is 2.17. The first-order chi connectivity index (χ1) is 7.72. The number of hydrogen-bond acceptors (Lipinski definition) is 4. The average Bonchev–Trinajstić information content (AvgIpc) is 2.77. The van der Waals surface area contributed by atoms with Gasteiger partial charge in [0.05, 0.1) is 0 Å². The summed E-state index contributed by atoms with van der Waals surface area (Å²) in [5, 5.41) is 1.12. The van der Waals surface area contributed by atoms with Gasteiger partial charge >= 0.3 is 0 Å². The third-order valence-corrected chi connectivity index (χ3v) is 4.72. The van der Waals surface area contributed by atoms with Gasteiger partial charge in [0.25, 0.3) is 0 Å². The second kappa shape index (κ2) is 5.15. The molecule has 1 fully saturated rings. The molecule has 1 aliphatic carbocycles. The second-order valence-corrected chi connectivity index (χ2v) is 5.85. The van der Waals surface area contributed by atoms with Crippen molar-refractivity contribution >= 4 is 16.5 Å². The van der Waals surface area contributed by atoms with E-state index in [-0.39, 0.29) is 0 Å². The Morgan fingerprint density at radius 2 is 2.25 bits per heavy atom. The topological polar surface area (TPSA) is 42.2 Å². The molecule has 1 saturated carbocycles. The van der Waals surface area contributed by atoms with E-state index < -0.39 is 0 Å². The van der Waals surface area contributed by atoms with E-state index in [9.17, 15) is 0 Å². The molecular formula is C12H21N3S. The van der Waals surface area contributed by atoms with Gasteiger partial charge in [0.1, 0.15) is 0 Å². The molecule has 2 atom stereocenters. The van der Waals surface area contributed by atoms with E-state index >= 15 is 0 Å². The number of aromatic nitrogens is 1. The van der Waals surface area contributed by atoms with Crippen molar-refractivity contribution in [2.75, 3.05) is 11.9 Å². The summed E-state index contributed by atoms with van der Waals surface area (Å²) in [4.78, 5) is 7.99. The third kappa shape index (κ3) is 2.38. The number of thiazole rings is 1. The highest BCUT2D eigenvalue weighted by molar-refractivity contribution is 7.15. The fourth-order valence-electron chi connectivity index (χ4n) is 2.57. The molecule has 0 spiro atoms. The molecule has 3 nitrogen and oxygen atoms in total. The van der Waals surface area contributed by atoms with Crippen LogP contribution in [-0.2, 0) is 6.54 Å². The molecule has 0 radical (unpaired) electrons. The molecule has 0 saturated heterocycles. The van der Waals surface area contributed by atoms with E-state index in [2.05, 4.69) is 23.9 Å². The van der Waals surface area contributed by atoms with E-state index in [1.807, 2.05) is 6.20 Å². The molecule has 0 aliphatic heterocycles. The van der Waals surface area contributed by atoms with Gasteiger partial charge in [0.2, 0.25) is 0 Å². The molecule has 2 unspecified atom stereocenters. The first-order valence-electron chi connectivity index (χ1n) is 6.10. The number of nitrogens with zero attached hydrogens (tertiary/aromatic N) is 2. The molecular weight excluding hydrogens is 218 g/mol. The zero-order valence-electron chi connectivity index (χ0n) is 10.1. The summed E-state index contributed by atoms with van der Waals surface area (Å²) in [6.07, 6.45) is 7.30. The minimum Gasteiger partial charge on any atom is -0.348 e. The normalized spacial score (nSPS) is 25.7. The SMILES string of the molecule is CC1CCCCC1N(C)c1ncc(CN)s1. The molecule has 16 heavy (non-hydrogen) atoms. The Morgan fingerprint density at radius 3 is 2.88 bits per heavy atom. The molecule has 2 N–H and O–H groups in total. The van der Waals surface area contributed by atoms with Gasteiger partial charge in [-0.25, -0.2) is 4.98 Å². The fourth-order valence-corrected chi connectivity index (χ4v) is 3.38. The lowest BCUT2D eigenvalue weighted by atomic mass is 9.85. The number of anilines is 1. The zero-order valence-corrected chi connectivity index (χ0v) is 11.0. The summed E-state index contributed by atoms with van der Waals surface area (Å²) in [5.74, 6) is 0.781. The largest absolute Gasteiger partial charge is 0.348 e. The van der Waals surface area contributed by atoms with E-state index in [1.54, 1.807) is 11.3 Å². The smallest absolute Gasteiger partial charge is 0.185 e. The van der Waals surface area contributed by atoms with Crippen molar-refractivity contribution < 1.29 is 0 Å². The number of hydrogen-bond donors (Lipinski definition) is 1. The predicted molar refractivity (Wildman–Crippen MR) is 69.8 cm³/mol. The van der Waals surface area contributed by atoms with Gasteiger partial charge in [-0.15, -0.1) is 11.3 Å². The monoisotopic (exact) mass is 239 g/mol. The van der Waals surface area contributed by atoms with Crippen LogP contribution >= 0.6 is 11.3 Å². The molecule has 0 bridgehead atoms.